The molecule has 1 amide bonds. The summed E-state index contributed by atoms with van der Waals surface area (Å²) in [4.78, 5) is 15.7. The molecule has 0 N–H and O–H groups in total. The number of aryl methyl sites for hydroxylation is 1. The molecule has 150 valence electrons. The van der Waals surface area contributed by atoms with Crippen LogP contribution in [0, 0.1) is 6.92 Å². The molecule has 0 saturated carbocycles. The van der Waals surface area contributed by atoms with Gasteiger partial charge in [-0.25, -0.2) is 0 Å². The fraction of sp³-hybridized carbons (Fsp3) is 0.296. The Hall–Kier alpha value is -2.87. The molecule has 0 radical (unpaired) electrons. The van der Waals surface area contributed by atoms with E-state index in [0.29, 0.717) is 6.42 Å². The highest BCUT2D eigenvalue weighted by atomic mass is 16.2. The number of benzene rings is 3. The Labute approximate surface area is 174 Å². The molecule has 3 aromatic rings. The molecule has 3 aromatic carbocycles. The Bertz CT molecular complexity index is 1020. The van der Waals surface area contributed by atoms with Crippen LogP contribution in [0.25, 0.3) is 16.3 Å². The Balaban J connectivity index is 2.14. The second-order valence-electron chi connectivity index (χ2n) is 8.37. The highest BCUT2D eigenvalue weighted by molar-refractivity contribution is 6.09. The van der Waals surface area contributed by atoms with Crippen LogP contribution in [0.15, 0.2) is 67.2 Å². The quantitative estimate of drug-likeness (QED) is 0.464. The lowest BCUT2D eigenvalue weighted by Gasteiger charge is -2.32. The van der Waals surface area contributed by atoms with Crippen LogP contribution in [0.5, 0.6) is 0 Å². The van der Waals surface area contributed by atoms with Gasteiger partial charge in [0.25, 0.3) is 5.91 Å². The van der Waals surface area contributed by atoms with E-state index in [-0.39, 0.29) is 18.0 Å². The Morgan fingerprint density at radius 1 is 0.931 bits per heavy atom. The minimum Gasteiger partial charge on any atom is -0.334 e. The van der Waals surface area contributed by atoms with Gasteiger partial charge in [0.05, 0.1) is 5.56 Å². The second-order valence-corrected chi connectivity index (χ2v) is 8.37. The summed E-state index contributed by atoms with van der Waals surface area (Å²) in [6.07, 6.45) is 0.652. The molecule has 0 unspecified atom stereocenters. The van der Waals surface area contributed by atoms with E-state index in [1.54, 1.807) is 0 Å². The van der Waals surface area contributed by atoms with Gasteiger partial charge in [-0.2, -0.15) is 0 Å². The third kappa shape index (κ3) is 4.42. The molecule has 0 spiro atoms. The first-order valence-corrected chi connectivity index (χ1v) is 10.4. The Kier molecular flexibility index (Phi) is 6.22. The van der Waals surface area contributed by atoms with Crippen LogP contribution in [0.1, 0.15) is 54.7 Å². The van der Waals surface area contributed by atoms with Crippen molar-refractivity contribution in [2.24, 2.45) is 0 Å². The summed E-state index contributed by atoms with van der Waals surface area (Å²) < 4.78 is 0. The van der Waals surface area contributed by atoms with Crippen molar-refractivity contribution in [3.8, 4) is 0 Å². The first kappa shape index (κ1) is 20.9. The molecule has 0 heterocycles. The number of carbonyl (C=O) groups excluding carboxylic acids is 1. The molecule has 0 aliphatic heterocycles. The van der Waals surface area contributed by atoms with Crippen LogP contribution in [0.3, 0.4) is 0 Å². The molecule has 0 aliphatic rings. The van der Waals surface area contributed by atoms with E-state index >= 15 is 0 Å². The summed E-state index contributed by atoms with van der Waals surface area (Å²) in [5.74, 6) is 0.0975. The van der Waals surface area contributed by atoms with Crippen LogP contribution >= 0.6 is 0 Å². The number of nitrogens with zero attached hydrogens (tertiary/aromatic N) is 1. The molecule has 3 rings (SSSR count). The molecule has 0 atom stereocenters. The van der Waals surface area contributed by atoms with Crippen LogP contribution < -0.4 is 0 Å². The van der Waals surface area contributed by atoms with Crippen molar-refractivity contribution in [2.45, 2.75) is 53.1 Å². The zero-order chi connectivity index (χ0) is 21.1. The smallest absolute Gasteiger partial charge is 0.255 e. The highest BCUT2D eigenvalue weighted by Gasteiger charge is 2.25. The van der Waals surface area contributed by atoms with E-state index in [9.17, 15) is 4.79 Å². The van der Waals surface area contributed by atoms with Gasteiger partial charge < -0.3 is 4.90 Å². The lowest BCUT2D eigenvalue weighted by Crippen LogP contribution is -2.42. The van der Waals surface area contributed by atoms with E-state index in [2.05, 4.69) is 83.7 Å². The van der Waals surface area contributed by atoms with Crippen molar-refractivity contribution < 1.29 is 4.79 Å². The van der Waals surface area contributed by atoms with Crippen LogP contribution in [-0.4, -0.2) is 22.9 Å². The van der Waals surface area contributed by atoms with Crippen molar-refractivity contribution >= 4 is 22.3 Å². The van der Waals surface area contributed by atoms with E-state index in [4.69, 9.17) is 0 Å². The fourth-order valence-corrected chi connectivity index (χ4v) is 4.09. The van der Waals surface area contributed by atoms with E-state index in [0.717, 1.165) is 33.0 Å². The van der Waals surface area contributed by atoms with Crippen molar-refractivity contribution in [1.29, 1.82) is 0 Å². The molecular weight excluding hydrogens is 354 g/mol. The van der Waals surface area contributed by atoms with Crippen molar-refractivity contribution in [3.05, 3.63) is 89.5 Å². The average molecular weight is 386 g/mol. The maximum Gasteiger partial charge on any atom is 0.255 e. The number of fused-ring (bicyclic) bond motifs is 1. The minimum absolute atomic E-state index is 0.0975. The minimum atomic E-state index is 0.0975. The molecule has 2 nitrogen and oxygen atoms in total. The van der Waals surface area contributed by atoms with Gasteiger partial charge in [0, 0.05) is 12.1 Å². The SMILES string of the molecule is C=C(Cc1ccc2cc(C)ccc2c1C(=O)N(C(C)C)C(C)C)c1ccccc1. The van der Waals surface area contributed by atoms with Gasteiger partial charge in [0.2, 0.25) is 0 Å². The van der Waals surface area contributed by atoms with Crippen LogP contribution in [0.2, 0.25) is 0 Å². The maximum absolute atomic E-state index is 13.8. The lowest BCUT2D eigenvalue weighted by atomic mass is 9.91. The van der Waals surface area contributed by atoms with Crippen molar-refractivity contribution in [1.82, 2.24) is 4.90 Å². The highest BCUT2D eigenvalue weighted by Crippen LogP contribution is 2.29. The molecule has 0 bridgehead atoms. The van der Waals surface area contributed by atoms with Gasteiger partial charge in [-0.15, -0.1) is 0 Å². The lowest BCUT2D eigenvalue weighted by molar-refractivity contribution is 0.0645. The monoisotopic (exact) mass is 385 g/mol. The molecule has 2 heteroatoms. The van der Waals surface area contributed by atoms with Gasteiger partial charge in [-0.05, 0) is 68.5 Å². The van der Waals surface area contributed by atoms with E-state index < -0.39 is 0 Å². The van der Waals surface area contributed by atoms with E-state index in [1.165, 1.54) is 5.56 Å². The largest absolute Gasteiger partial charge is 0.334 e. The predicted molar refractivity (Wildman–Crippen MR) is 124 cm³/mol. The number of allylic oxidation sites excluding steroid dienone is 1. The summed E-state index contributed by atoms with van der Waals surface area (Å²) in [6.45, 7) is 14.7. The zero-order valence-electron chi connectivity index (χ0n) is 18.2. The predicted octanol–water partition coefficient (Wildman–Crippen LogP) is 6.66. The molecule has 0 aromatic heterocycles. The summed E-state index contributed by atoms with van der Waals surface area (Å²) >= 11 is 0. The molecule has 0 aliphatic carbocycles. The summed E-state index contributed by atoms with van der Waals surface area (Å²) in [5.41, 5.74) is 5.17. The number of hydrogen-bond donors (Lipinski definition) is 0. The van der Waals surface area contributed by atoms with Gasteiger partial charge in [-0.3, -0.25) is 4.79 Å². The summed E-state index contributed by atoms with van der Waals surface area (Å²) in [5, 5.41) is 2.13. The van der Waals surface area contributed by atoms with Gasteiger partial charge in [0.15, 0.2) is 0 Å². The van der Waals surface area contributed by atoms with Gasteiger partial charge >= 0.3 is 0 Å². The van der Waals surface area contributed by atoms with Gasteiger partial charge in [0.1, 0.15) is 0 Å². The number of hydrogen-bond acceptors (Lipinski definition) is 1. The normalized spacial score (nSPS) is 11.3. The Morgan fingerprint density at radius 3 is 2.21 bits per heavy atom. The topological polar surface area (TPSA) is 20.3 Å². The fourth-order valence-electron chi connectivity index (χ4n) is 4.09. The molecular formula is C27H31NO. The molecule has 0 saturated heterocycles. The number of carbonyl (C=O) groups is 1. The first-order chi connectivity index (χ1) is 13.8. The van der Waals surface area contributed by atoms with Crippen LogP contribution in [-0.2, 0) is 6.42 Å². The number of rotatable bonds is 6. The van der Waals surface area contributed by atoms with E-state index in [1.807, 2.05) is 23.1 Å². The molecule has 0 fully saturated rings. The van der Waals surface area contributed by atoms with Gasteiger partial charge in [-0.1, -0.05) is 72.8 Å². The van der Waals surface area contributed by atoms with Crippen molar-refractivity contribution in [3.63, 3.8) is 0 Å². The van der Waals surface area contributed by atoms with Crippen molar-refractivity contribution in [2.75, 3.05) is 0 Å². The third-order valence-electron chi connectivity index (χ3n) is 5.41. The first-order valence-electron chi connectivity index (χ1n) is 10.4. The zero-order valence-corrected chi connectivity index (χ0v) is 18.2. The Morgan fingerprint density at radius 2 is 1.59 bits per heavy atom. The third-order valence-corrected chi connectivity index (χ3v) is 5.41. The summed E-state index contributed by atoms with van der Waals surface area (Å²) in [7, 11) is 0. The standard InChI is InChI=1S/C27H31NO/c1-18(2)28(19(3)4)27(29)26-24(17-21(6)22-10-8-7-9-11-22)14-13-23-16-20(5)12-15-25(23)26/h7-16,18-19H,6,17H2,1-5H3. The maximum atomic E-state index is 13.8. The molecule has 29 heavy (non-hydrogen) atoms. The summed E-state index contributed by atoms with van der Waals surface area (Å²) in [6, 6.07) is 21.0. The second kappa shape index (κ2) is 8.65. The average Bonchev–Trinajstić information content (AvgIpc) is 2.67. The number of amides is 1. The van der Waals surface area contributed by atoms with Crippen LogP contribution in [0.4, 0.5) is 0 Å².